The minimum Gasteiger partial charge on any atom is -0.357 e. The molecule has 174 valence electrons. The molecule has 2 aromatic rings. The number of amides is 1. The quantitative estimate of drug-likeness (QED) is 0.603. The molecule has 0 fully saturated rings. The molecule has 2 aliphatic rings. The molecule has 1 atom stereocenters. The van der Waals surface area contributed by atoms with Crippen LogP contribution in [0.5, 0.6) is 0 Å². The largest absolute Gasteiger partial charge is 0.357 e. The molecule has 1 heterocycles. The molecule has 6 heteroatoms. The summed E-state index contributed by atoms with van der Waals surface area (Å²) in [5, 5.41) is 7.31. The van der Waals surface area contributed by atoms with E-state index in [0.717, 1.165) is 47.5 Å². The van der Waals surface area contributed by atoms with E-state index in [1.54, 1.807) is 0 Å². The van der Waals surface area contributed by atoms with E-state index in [9.17, 15) is 9.59 Å². The van der Waals surface area contributed by atoms with E-state index in [1.807, 2.05) is 48.5 Å². The Hall–Kier alpha value is -2.79. The molecule has 1 amide bonds. The lowest BCUT2D eigenvalue weighted by Crippen LogP contribution is -2.46. The van der Waals surface area contributed by atoms with Gasteiger partial charge in [-0.1, -0.05) is 56.6 Å². The first-order chi connectivity index (χ1) is 15.8. The summed E-state index contributed by atoms with van der Waals surface area (Å²) >= 11 is 5.95. The van der Waals surface area contributed by atoms with Crippen LogP contribution in [0.15, 0.2) is 59.8 Å². The van der Waals surface area contributed by atoms with Crippen molar-refractivity contribution in [1.29, 1.82) is 0 Å². The molecule has 0 spiro atoms. The number of rotatable bonds is 6. The van der Waals surface area contributed by atoms with Gasteiger partial charge in [0.1, 0.15) is 0 Å². The molecule has 1 aliphatic carbocycles. The van der Waals surface area contributed by atoms with E-state index in [-0.39, 0.29) is 29.7 Å². The zero-order valence-corrected chi connectivity index (χ0v) is 20.3. The summed E-state index contributed by atoms with van der Waals surface area (Å²) in [6.45, 7) is 7.11. The maximum atomic E-state index is 13.3. The summed E-state index contributed by atoms with van der Waals surface area (Å²) in [4.78, 5) is 28.4. The second-order valence-corrected chi connectivity index (χ2v) is 10.2. The average molecular weight is 466 g/mol. The van der Waals surface area contributed by atoms with E-state index in [4.69, 9.17) is 11.6 Å². The standard InChI is InChI=1S/C27H32ClN3O2/c1-4-22-26-21(15-27(2,3)16-24(26)32)30-20-7-5-6-8-23(20)31(22)17-25(33)29-14-13-18-9-11-19(28)12-10-18/h5-12,22,30H,4,13-17H2,1-3H3,(H,29,33). The summed E-state index contributed by atoms with van der Waals surface area (Å²) in [7, 11) is 0. The predicted molar refractivity (Wildman–Crippen MR) is 135 cm³/mol. The highest BCUT2D eigenvalue weighted by Crippen LogP contribution is 2.44. The van der Waals surface area contributed by atoms with Crippen molar-refractivity contribution in [3.05, 3.63) is 70.4 Å². The Kier molecular flexibility index (Phi) is 6.80. The number of anilines is 2. The second kappa shape index (κ2) is 9.60. The molecule has 1 unspecified atom stereocenters. The van der Waals surface area contributed by atoms with Crippen LogP contribution in [0, 0.1) is 5.41 Å². The van der Waals surface area contributed by atoms with Crippen LogP contribution < -0.4 is 15.5 Å². The summed E-state index contributed by atoms with van der Waals surface area (Å²) in [6.07, 6.45) is 2.84. The minimum absolute atomic E-state index is 0.0511. The summed E-state index contributed by atoms with van der Waals surface area (Å²) in [5.74, 6) is 0.131. The Balaban J connectivity index is 1.55. The lowest BCUT2D eigenvalue weighted by Gasteiger charge is -2.37. The van der Waals surface area contributed by atoms with Gasteiger partial charge in [-0.15, -0.1) is 0 Å². The van der Waals surface area contributed by atoms with Crippen LogP contribution in [0.2, 0.25) is 5.02 Å². The molecule has 0 aromatic heterocycles. The molecule has 4 rings (SSSR count). The Morgan fingerprint density at radius 1 is 1.15 bits per heavy atom. The zero-order chi connectivity index (χ0) is 23.6. The third-order valence-corrected chi connectivity index (χ3v) is 6.73. The first-order valence-corrected chi connectivity index (χ1v) is 12.1. The second-order valence-electron chi connectivity index (χ2n) is 9.75. The fraction of sp³-hybridized carbons (Fsp3) is 0.407. The number of ketones is 1. The van der Waals surface area contributed by atoms with Crippen LogP contribution in [0.25, 0.3) is 0 Å². The molecule has 1 aliphatic heterocycles. The number of carbonyl (C=O) groups is 2. The van der Waals surface area contributed by atoms with E-state index in [1.165, 1.54) is 0 Å². The number of hydrogen-bond acceptors (Lipinski definition) is 4. The van der Waals surface area contributed by atoms with Crippen molar-refractivity contribution in [2.75, 3.05) is 23.3 Å². The van der Waals surface area contributed by atoms with Crippen LogP contribution in [0.1, 0.15) is 45.6 Å². The first kappa shape index (κ1) is 23.4. The smallest absolute Gasteiger partial charge is 0.239 e. The van der Waals surface area contributed by atoms with Gasteiger partial charge in [-0.05, 0) is 54.5 Å². The van der Waals surface area contributed by atoms with Crippen LogP contribution in [0.3, 0.4) is 0 Å². The zero-order valence-electron chi connectivity index (χ0n) is 19.6. The highest BCUT2D eigenvalue weighted by atomic mass is 35.5. The van der Waals surface area contributed by atoms with Crippen molar-refractivity contribution in [3.63, 3.8) is 0 Å². The predicted octanol–water partition coefficient (Wildman–Crippen LogP) is 5.35. The molecular formula is C27H32ClN3O2. The Morgan fingerprint density at radius 3 is 2.61 bits per heavy atom. The average Bonchev–Trinajstić information content (AvgIpc) is 2.88. The van der Waals surface area contributed by atoms with Gasteiger partial charge in [0.25, 0.3) is 0 Å². The fourth-order valence-electron chi connectivity index (χ4n) is 4.98. The maximum absolute atomic E-state index is 13.3. The third kappa shape index (κ3) is 5.25. The molecule has 2 N–H and O–H groups in total. The molecule has 0 radical (unpaired) electrons. The van der Waals surface area contributed by atoms with E-state index in [0.29, 0.717) is 18.0 Å². The van der Waals surface area contributed by atoms with E-state index in [2.05, 4.69) is 36.3 Å². The Morgan fingerprint density at radius 2 is 1.88 bits per heavy atom. The van der Waals surface area contributed by atoms with E-state index >= 15 is 0 Å². The number of halogens is 1. The third-order valence-electron chi connectivity index (χ3n) is 6.48. The van der Waals surface area contributed by atoms with Crippen molar-refractivity contribution in [2.45, 2.75) is 52.5 Å². The van der Waals surface area contributed by atoms with Gasteiger partial charge in [0.2, 0.25) is 5.91 Å². The van der Waals surface area contributed by atoms with Crippen LogP contribution in [-0.4, -0.2) is 30.8 Å². The summed E-state index contributed by atoms with van der Waals surface area (Å²) in [5.41, 5.74) is 4.78. The van der Waals surface area contributed by atoms with Crippen molar-refractivity contribution in [3.8, 4) is 0 Å². The number of nitrogens with zero attached hydrogens (tertiary/aromatic N) is 1. The van der Waals surface area contributed by atoms with Crippen molar-refractivity contribution >= 4 is 34.7 Å². The van der Waals surface area contributed by atoms with Gasteiger partial charge >= 0.3 is 0 Å². The molecule has 33 heavy (non-hydrogen) atoms. The van der Waals surface area contributed by atoms with Gasteiger partial charge in [-0.2, -0.15) is 0 Å². The highest BCUT2D eigenvalue weighted by Gasteiger charge is 2.40. The molecular weight excluding hydrogens is 434 g/mol. The van der Waals surface area contributed by atoms with Crippen LogP contribution in [0.4, 0.5) is 11.4 Å². The number of para-hydroxylation sites is 2. The Labute approximate surface area is 201 Å². The Bertz CT molecular complexity index is 1080. The number of nitrogens with one attached hydrogen (secondary N) is 2. The molecule has 2 aromatic carbocycles. The van der Waals surface area contributed by atoms with Gasteiger partial charge in [0, 0.05) is 29.3 Å². The van der Waals surface area contributed by atoms with Gasteiger partial charge in [-0.3, -0.25) is 9.59 Å². The first-order valence-electron chi connectivity index (χ1n) is 11.7. The number of Topliss-reactive ketones (excluding diaryl/α,β-unsaturated/α-hetero) is 1. The number of allylic oxidation sites excluding steroid dienone is 1. The highest BCUT2D eigenvalue weighted by molar-refractivity contribution is 6.30. The lowest BCUT2D eigenvalue weighted by atomic mass is 9.74. The van der Waals surface area contributed by atoms with Crippen molar-refractivity contribution in [2.24, 2.45) is 5.41 Å². The molecule has 0 bridgehead atoms. The van der Waals surface area contributed by atoms with Gasteiger partial charge < -0.3 is 15.5 Å². The lowest BCUT2D eigenvalue weighted by molar-refractivity contribution is -0.120. The molecule has 0 saturated carbocycles. The normalized spacial score (nSPS) is 19.3. The monoisotopic (exact) mass is 465 g/mol. The van der Waals surface area contributed by atoms with Gasteiger partial charge in [0.05, 0.1) is 24.0 Å². The number of carbonyl (C=O) groups excluding carboxylic acids is 2. The summed E-state index contributed by atoms with van der Waals surface area (Å²) < 4.78 is 0. The van der Waals surface area contributed by atoms with Crippen molar-refractivity contribution < 1.29 is 9.59 Å². The SMILES string of the molecule is CCC1C2=C(CC(C)(C)CC2=O)Nc2ccccc2N1CC(=O)NCCc1ccc(Cl)cc1. The van der Waals surface area contributed by atoms with Crippen LogP contribution >= 0.6 is 11.6 Å². The molecule has 5 nitrogen and oxygen atoms in total. The molecule has 0 saturated heterocycles. The van der Waals surface area contributed by atoms with Crippen LogP contribution in [-0.2, 0) is 16.0 Å². The van der Waals surface area contributed by atoms with E-state index < -0.39 is 0 Å². The maximum Gasteiger partial charge on any atom is 0.239 e. The van der Waals surface area contributed by atoms with Gasteiger partial charge in [-0.25, -0.2) is 0 Å². The summed E-state index contributed by atoms with van der Waals surface area (Å²) in [6, 6.07) is 15.6. The van der Waals surface area contributed by atoms with Crippen molar-refractivity contribution in [1.82, 2.24) is 5.32 Å². The number of benzene rings is 2. The number of fused-ring (bicyclic) bond motifs is 1. The van der Waals surface area contributed by atoms with Gasteiger partial charge in [0.15, 0.2) is 5.78 Å². The fourth-order valence-corrected chi connectivity index (χ4v) is 5.10. The topological polar surface area (TPSA) is 61.4 Å². The minimum atomic E-state index is -0.137. The number of hydrogen-bond donors (Lipinski definition) is 2.